The van der Waals surface area contributed by atoms with Crippen molar-refractivity contribution in [2.45, 2.75) is 6.92 Å². The molecule has 64 valence electrons. The molecule has 0 amide bonds. The van der Waals surface area contributed by atoms with Crippen molar-refractivity contribution in [1.29, 1.82) is 0 Å². The van der Waals surface area contributed by atoms with Crippen LogP contribution in [0.4, 0.5) is 0 Å². The van der Waals surface area contributed by atoms with Crippen LogP contribution >= 0.6 is 0 Å². The minimum absolute atomic E-state index is 0.906. The first-order valence-electron chi connectivity index (χ1n) is 4.12. The van der Waals surface area contributed by atoms with Crippen LogP contribution in [0.5, 0.6) is 0 Å². The Kier molecular flexibility index (Phi) is 1.07. The van der Waals surface area contributed by atoms with Gasteiger partial charge >= 0.3 is 0 Å². The lowest BCUT2D eigenvalue weighted by molar-refractivity contribution is 1.14. The van der Waals surface area contributed by atoms with Crippen molar-refractivity contribution in [1.82, 2.24) is 19.4 Å². The number of imidazole rings is 1. The summed E-state index contributed by atoms with van der Waals surface area (Å²) in [6.45, 7) is 1.98. The Labute approximate surface area is 74.2 Å². The van der Waals surface area contributed by atoms with Crippen molar-refractivity contribution in [3.05, 3.63) is 30.5 Å². The second-order valence-electron chi connectivity index (χ2n) is 3.06. The van der Waals surface area contributed by atoms with Crippen molar-refractivity contribution >= 4 is 16.7 Å². The van der Waals surface area contributed by atoms with Crippen LogP contribution in [-0.2, 0) is 0 Å². The molecule has 4 nitrogen and oxygen atoms in total. The SMILES string of the molecule is Cc1nc2[nH]ccc2n2cncc12. The molecule has 0 saturated carbocycles. The summed E-state index contributed by atoms with van der Waals surface area (Å²) in [4.78, 5) is 11.6. The molecule has 3 aromatic rings. The van der Waals surface area contributed by atoms with Crippen molar-refractivity contribution in [3.8, 4) is 0 Å². The summed E-state index contributed by atoms with van der Waals surface area (Å²) in [5, 5.41) is 0. The minimum Gasteiger partial charge on any atom is -0.345 e. The zero-order valence-electron chi connectivity index (χ0n) is 7.15. The maximum absolute atomic E-state index is 4.42. The quantitative estimate of drug-likeness (QED) is 0.558. The van der Waals surface area contributed by atoms with Gasteiger partial charge in [-0.05, 0) is 13.0 Å². The molecule has 0 unspecified atom stereocenters. The molecule has 3 heterocycles. The van der Waals surface area contributed by atoms with Crippen LogP contribution in [0.25, 0.3) is 16.7 Å². The molecule has 4 heteroatoms. The molecule has 0 fully saturated rings. The third kappa shape index (κ3) is 0.744. The molecule has 0 atom stereocenters. The van der Waals surface area contributed by atoms with Crippen LogP contribution in [0.1, 0.15) is 5.69 Å². The number of aromatic nitrogens is 4. The molecule has 3 rings (SSSR count). The molecule has 0 aliphatic heterocycles. The van der Waals surface area contributed by atoms with Crippen LogP contribution < -0.4 is 0 Å². The number of H-pyrrole nitrogens is 1. The Hall–Kier alpha value is -1.84. The number of aryl methyl sites for hydroxylation is 1. The van der Waals surface area contributed by atoms with Gasteiger partial charge in [0.2, 0.25) is 0 Å². The Balaban J connectivity index is 2.70. The fraction of sp³-hybridized carbons (Fsp3) is 0.111. The summed E-state index contributed by atoms with van der Waals surface area (Å²) in [7, 11) is 0. The van der Waals surface area contributed by atoms with E-state index in [1.807, 2.05) is 29.8 Å². The number of nitrogens with zero attached hydrogens (tertiary/aromatic N) is 3. The average molecular weight is 172 g/mol. The Bertz CT molecular complexity index is 575. The van der Waals surface area contributed by atoms with E-state index in [0.29, 0.717) is 0 Å². The normalized spacial score (nSPS) is 11.5. The van der Waals surface area contributed by atoms with Crippen molar-refractivity contribution in [3.63, 3.8) is 0 Å². The van der Waals surface area contributed by atoms with E-state index in [4.69, 9.17) is 0 Å². The predicted molar refractivity (Wildman–Crippen MR) is 49.6 cm³/mol. The molecule has 0 bridgehead atoms. The van der Waals surface area contributed by atoms with Gasteiger partial charge in [-0.2, -0.15) is 0 Å². The largest absolute Gasteiger partial charge is 0.345 e. The van der Waals surface area contributed by atoms with Crippen molar-refractivity contribution < 1.29 is 0 Å². The van der Waals surface area contributed by atoms with Gasteiger partial charge in [-0.1, -0.05) is 0 Å². The first kappa shape index (κ1) is 6.65. The molecule has 13 heavy (non-hydrogen) atoms. The summed E-state index contributed by atoms with van der Waals surface area (Å²) in [5.41, 5.74) is 4.03. The molecular weight excluding hydrogens is 164 g/mol. The molecule has 0 radical (unpaired) electrons. The maximum Gasteiger partial charge on any atom is 0.154 e. The van der Waals surface area contributed by atoms with E-state index >= 15 is 0 Å². The van der Waals surface area contributed by atoms with E-state index in [0.717, 1.165) is 22.4 Å². The van der Waals surface area contributed by atoms with Gasteiger partial charge in [0.25, 0.3) is 0 Å². The van der Waals surface area contributed by atoms with Crippen LogP contribution in [0.2, 0.25) is 0 Å². The van der Waals surface area contributed by atoms with Crippen LogP contribution in [-0.4, -0.2) is 19.4 Å². The summed E-state index contributed by atoms with van der Waals surface area (Å²) in [5.74, 6) is 0. The van der Waals surface area contributed by atoms with E-state index in [-0.39, 0.29) is 0 Å². The van der Waals surface area contributed by atoms with E-state index in [9.17, 15) is 0 Å². The number of nitrogens with one attached hydrogen (secondary N) is 1. The number of aromatic amines is 1. The number of hydrogen-bond donors (Lipinski definition) is 1. The predicted octanol–water partition coefficient (Wildman–Crippen LogP) is 1.52. The molecule has 0 spiro atoms. The van der Waals surface area contributed by atoms with Gasteiger partial charge in [-0.25, -0.2) is 9.97 Å². The smallest absolute Gasteiger partial charge is 0.154 e. The number of fused-ring (bicyclic) bond motifs is 3. The second kappa shape index (κ2) is 2.10. The zero-order valence-corrected chi connectivity index (χ0v) is 7.15. The highest BCUT2D eigenvalue weighted by Gasteiger charge is 2.04. The van der Waals surface area contributed by atoms with Gasteiger partial charge in [0.1, 0.15) is 0 Å². The highest BCUT2D eigenvalue weighted by atomic mass is 15.0. The Morgan fingerprint density at radius 3 is 3.23 bits per heavy atom. The van der Waals surface area contributed by atoms with Gasteiger partial charge in [0, 0.05) is 6.20 Å². The van der Waals surface area contributed by atoms with Gasteiger partial charge in [0.05, 0.1) is 29.3 Å². The lowest BCUT2D eigenvalue weighted by atomic mass is 10.4. The zero-order chi connectivity index (χ0) is 8.84. The third-order valence-corrected chi connectivity index (χ3v) is 2.25. The van der Waals surface area contributed by atoms with E-state index in [1.54, 1.807) is 6.33 Å². The summed E-state index contributed by atoms with van der Waals surface area (Å²) < 4.78 is 2.04. The van der Waals surface area contributed by atoms with E-state index < -0.39 is 0 Å². The topological polar surface area (TPSA) is 46.0 Å². The molecule has 0 saturated heterocycles. The number of rotatable bonds is 0. The van der Waals surface area contributed by atoms with Gasteiger partial charge in [-0.3, -0.25) is 4.40 Å². The molecular formula is C9H8N4. The van der Waals surface area contributed by atoms with Crippen LogP contribution in [0.15, 0.2) is 24.8 Å². The fourth-order valence-corrected chi connectivity index (χ4v) is 1.62. The lowest BCUT2D eigenvalue weighted by Gasteiger charge is -1.98. The molecule has 1 N–H and O–H groups in total. The van der Waals surface area contributed by atoms with E-state index in [2.05, 4.69) is 15.0 Å². The minimum atomic E-state index is 0.906. The standard InChI is InChI=1S/C9H8N4/c1-6-8-4-10-5-13(8)7-2-3-11-9(7)12-6/h2-5,11H,1H3. The Morgan fingerprint density at radius 1 is 1.38 bits per heavy atom. The summed E-state index contributed by atoms with van der Waals surface area (Å²) in [6.07, 6.45) is 5.52. The van der Waals surface area contributed by atoms with Gasteiger partial charge in [-0.15, -0.1) is 0 Å². The first-order chi connectivity index (χ1) is 6.36. The summed E-state index contributed by atoms with van der Waals surface area (Å²) >= 11 is 0. The number of hydrogen-bond acceptors (Lipinski definition) is 2. The molecule has 3 aromatic heterocycles. The highest BCUT2D eigenvalue weighted by molar-refractivity contribution is 5.76. The molecule has 0 aliphatic rings. The lowest BCUT2D eigenvalue weighted by Crippen LogP contribution is -1.91. The third-order valence-electron chi connectivity index (χ3n) is 2.25. The Morgan fingerprint density at radius 2 is 2.31 bits per heavy atom. The average Bonchev–Trinajstić information content (AvgIpc) is 2.66. The van der Waals surface area contributed by atoms with Gasteiger partial charge < -0.3 is 4.98 Å². The van der Waals surface area contributed by atoms with E-state index in [1.165, 1.54) is 0 Å². The second-order valence-corrected chi connectivity index (χ2v) is 3.06. The molecule has 0 aliphatic carbocycles. The fourth-order valence-electron chi connectivity index (χ4n) is 1.62. The first-order valence-corrected chi connectivity index (χ1v) is 4.12. The molecule has 0 aromatic carbocycles. The highest BCUT2D eigenvalue weighted by Crippen LogP contribution is 2.15. The van der Waals surface area contributed by atoms with Gasteiger partial charge in [0.15, 0.2) is 5.65 Å². The van der Waals surface area contributed by atoms with Crippen molar-refractivity contribution in [2.75, 3.05) is 0 Å². The van der Waals surface area contributed by atoms with Crippen molar-refractivity contribution in [2.24, 2.45) is 0 Å². The van der Waals surface area contributed by atoms with Crippen LogP contribution in [0, 0.1) is 6.92 Å². The summed E-state index contributed by atoms with van der Waals surface area (Å²) in [6, 6.07) is 2.00. The van der Waals surface area contributed by atoms with Crippen LogP contribution in [0.3, 0.4) is 0 Å². The monoisotopic (exact) mass is 172 g/mol. The maximum atomic E-state index is 4.42.